The average Bonchev–Trinajstić information content (AvgIpc) is 2.94. The number of carbonyl (C=O) groups is 2. The van der Waals surface area contributed by atoms with Crippen molar-refractivity contribution in [2.24, 2.45) is 7.05 Å². The van der Waals surface area contributed by atoms with Gasteiger partial charge in [-0.1, -0.05) is 24.5 Å². The number of rotatable bonds is 4. The van der Waals surface area contributed by atoms with Crippen LogP contribution in [0.2, 0.25) is 0 Å². The molecule has 122 valence electrons. The summed E-state index contributed by atoms with van der Waals surface area (Å²) in [5, 5.41) is 17.1. The van der Waals surface area contributed by atoms with Gasteiger partial charge in [0.15, 0.2) is 5.65 Å². The minimum atomic E-state index is -1.01. The Morgan fingerprint density at radius 3 is 2.78 bits per heavy atom. The number of carboxylic acids is 1. The van der Waals surface area contributed by atoms with Crippen molar-refractivity contribution in [2.45, 2.75) is 38.1 Å². The maximum Gasteiger partial charge on any atom is 0.323 e. The van der Waals surface area contributed by atoms with Crippen LogP contribution < -0.4 is 0 Å². The highest BCUT2D eigenvalue weighted by molar-refractivity contribution is 6.04. The van der Waals surface area contributed by atoms with Crippen molar-refractivity contribution < 1.29 is 14.7 Å². The number of hydrogen-bond acceptors (Lipinski definition) is 5. The lowest BCUT2D eigenvalue weighted by molar-refractivity contribution is -0.138. The second-order valence-corrected chi connectivity index (χ2v) is 5.86. The zero-order chi connectivity index (χ0) is 16.4. The monoisotopic (exact) mass is 317 g/mol. The van der Waals surface area contributed by atoms with Gasteiger partial charge in [0.05, 0.1) is 5.56 Å². The molecule has 1 fully saturated rings. The Morgan fingerprint density at radius 1 is 1.35 bits per heavy atom. The van der Waals surface area contributed by atoms with E-state index in [2.05, 4.69) is 15.3 Å². The Morgan fingerprint density at radius 2 is 2.09 bits per heavy atom. The lowest BCUT2D eigenvalue weighted by Crippen LogP contribution is -2.44. The van der Waals surface area contributed by atoms with Crippen molar-refractivity contribution >= 4 is 23.0 Å². The molecule has 1 saturated carbocycles. The van der Waals surface area contributed by atoms with Gasteiger partial charge in [0, 0.05) is 19.3 Å². The van der Waals surface area contributed by atoms with Crippen molar-refractivity contribution in [1.82, 2.24) is 24.9 Å². The van der Waals surface area contributed by atoms with Crippen LogP contribution >= 0.6 is 0 Å². The number of aryl methyl sites for hydroxylation is 1. The third kappa shape index (κ3) is 3.01. The molecule has 0 saturated heterocycles. The standard InChI is InChI=1S/C15H19N5O3/c1-19-14-13(17-18-19)11(7-8-16-14)15(23)20(9-12(21)22)10-5-3-2-4-6-10/h7-8,10H,2-6,9H2,1H3,(H,21,22). The molecule has 8 nitrogen and oxygen atoms in total. The number of nitrogens with zero attached hydrogens (tertiary/aromatic N) is 5. The van der Waals surface area contributed by atoms with E-state index in [4.69, 9.17) is 0 Å². The summed E-state index contributed by atoms with van der Waals surface area (Å²) < 4.78 is 1.49. The van der Waals surface area contributed by atoms with Gasteiger partial charge in [0.25, 0.3) is 5.91 Å². The smallest absolute Gasteiger partial charge is 0.323 e. The molecule has 8 heteroatoms. The second kappa shape index (κ2) is 6.31. The van der Waals surface area contributed by atoms with E-state index in [1.165, 1.54) is 15.8 Å². The van der Waals surface area contributed by atoms with Gasteiger partial charge in [0.1, 0.15) is 12.1 Å². The highest BCUT2D eigenvalue weighted by Crippen LogP contribution is 2.25. The Hall–Kier alpha value is -2.51. The van der Waals surface area contributed by atoms with Crippen molar-refractivity contribution in [3.63, 3.8) is 0 Å². The Labute approximate surface area is 133 Å². The van der Waals surface area contributed by atoms with Crippen molar-refractivity contribution in [2.75, 3.05) is 6.54 Å². The fourth-order valence-electron chi connectivity index (χ4n) is 3.16. The first-order valence-electron chi connectivity index (χ1n) is 7.75. The van der Waals surface area contributed by atoms with Crippen LogP contribution in [0.25, 0.3) is 11.2 Å². The van der Waals surface area contributed by atoms with Crippen LogP contribution in [-0.2, 0) is 11.8 Å². The zero-order valence-corrected chi connectivity index (χ0v) is 13.0. The molecule has 1 N–H and O–H groups in total. The van der Waals surface area contributed by atoms with Crippen LogP contribution in [0.15, 0.2) is 12.3 Å². The number of amides is 1. The van der Waals surface area contributed by atoms with Gasteiger partial charge >= 0.3 is 5.97 Å². The van der Waals surface area contributed by atoms with E-state index in [1.807, 2.05) is 0 Å². The number of carboxylic acid groups (broad SMARTS) is 1. The molecular weight excluding hydrogens is 298 g/mol. The Balaban J connectivity index is 1.97. The van der Waals surface area contributed by atoms with Gasteiger partial charge in [-0.25, -0.2) is 9.67 Å². The number of aromatic nitrogens is 4. The number of fused-ring (bicyclic) bond motifs is 1. The minimum absolute atomic E-state index is 0.0350. The minimum Gasteiger partial charge on any atom is -0.480 e. The lowest BCUT2D eigenvalue weighted by atomic mass is 9.93. The van der Waals surface area contributed by atoms with Gasteiger partial charge in [-0.05, 0) is 18.9 Å². The Kier molecular flexibility index (Phi) is 4.22. The molecule has 2 aromatic rings. The molecule has 1 aliphatic carbocycles. The fourth-order valence-corrected chi connectivity index (χ4v) is 3.16. The normalized spacial score (nSPS) is 15.7. The highest BCUT2D eigenvalue weighted by Gasteiger charge is 2.29. The number of carbonyl (C=O) groups excluding carboxylic acids is 1. The molecule has 0 spiro atoms. The van der Waals surface area contributed by atoms with E-state index in [-0.39, 0.29) is 18.5 Å². The molecule has 0 unspecified atom stereocenters. The van der Waals surface area contributed by atoms with Gasteiger partial charge in [-0.15, -0.1) is 5.10 Å². The first-order chi connectivity index (χ1) is 11.1. The fraction of sp³-hybridized carbons (Fsp3) is 0.533. The van der Waals surface area contributed by atoms with Gasteiger partial charge in [-0.2, -0.15) is 0 Å². The van der Waals surface area contributed by atoms with Gasteiger partial charge < -0.3 is 10.0 Å². The molecule has 1 aliphatic rings. The van der Waals surface area contributed by atoms with Gasteiger partial charge in [-0.3, -0.25) is 9.59 Å². The van der Waals surface area contributed by atoms with Crippen molar-refractivity contribution in [3.8, 4) is 0 Å². The van der Waals surface area contributed by atoms with Crippen molar-refractivity contribution in [1.29, 1.82) is 0 Å². The summed E-state index contributed by atoms with van der Waals surface area (Å²) in [4.78, 5) is 29.8. The van der Waals surface area contributed by atoms with Gasteiger partial charge in [0.2, 0.25) is 0 Å². The highest BCUT2D eigenvalue weighted by atomic mass is 16.4. The average molecular weight is 317 g/mol. The van der Waals surface area contributed by atoms with E-state index in [9.17, 15) is 14.7 Å². The lowest BCUT2D eigenvalue weighted by Gasteiger charge is -2.33. The maximum absolute atomic E-state index is 13.0. The molecule has 23 heavy (non-hydrogen) atoms. The molecule has 0 bridgehead atoms. The molecule has 0 aliphatic heterocycles. The molecule has 2 aromatic heterocycles. The largest absolute Gasteiger partial charge is 0.480 e. The van der Waals surface area contributed by atoms with Crippen LogP contribution in [0.5, 0.6) is 0 Å². The SMILES string of the molecule is Cn1nnc2c(C(=O)N(CC(=O)O)C3CCCCC3)ccnc21. The predicted molar refractivity (Wildman–Crippen MR) is 81.8 cm³/mol. The van der Waals surface area contributed by atoms with Crippen molar-refractivity contribution in [3.05, 3.63) is 17.8 Å². The summed E-state index contributed by atoms with van der Waals surface area (Å²) in [6, 6.07) is 1.55. The molecular formula is C15H19N5O3. The van der Waals surface area contributed by atoms with Crippen LogP contribution in [0.1, 0.15) is 42.5 Å². The second-order valence-electron chi connectivity index (χ2n) is 5.86. The predicted octanol–water partition coefficient (Wildman–Crippen LogP) is 1.22. The van der Waals surface area contributed by atoms with E-state index >= 15 is 0 Å². The van der Waals surface area contributed by atoms with E-state index < -0.39 is 5.97 Å². The molecule has 2 heterocycles. The molecule has 0 radical (unpaired) electrons. The Bertz CT molecular complexity index is 736. The number of aliphatic carboxylic acids is 1. The first kappa shape index (κ1) is 15.4. The summed E-state index contributed by atoms with van der Waals surface area (Å²) in [5.41, 5.74) is 1.27. The summed E-state index contributed by atoms with van der Waals surface area (Å²) in [7, 11) is 1.70. The number of pyridine rings is 1. The van der Waals surface area contributed by atoms with Crippen LogP contribution in [0.3, 0.4) is 0 Å². The third-order valence-corrected chi connectivity index (χ3v) is 4.30. The molecule has 0 aromatic carbocycles. The third-order valence-electron chi connectivity index (χ3n) is 4.30. The zero-order valence-electron chi connectivity index (χ0n) is 13.0. The van der Waals surface area contributed by atoms with E-state index in [0.717, 1.165) is 32.1 Å². The number of hydrogen-bond donors (Lipinski definition) is 1. The maximum atomic E-state index is 13.0. The quantitative estimate of drug-likeness (QED) is 0.910. The van der Waals surface area contributed by atoms with Crippen LogP contribution in [-0.4, -0.2) is 54.4 Å². The summed E-state index contributed by atoms with van der Waals surface area (Å²) in [6.45, 7) is -0.298. The summed E-state index contributed by atoms with van der Waals surface area (Å²) in [5.74, 6) is -1.32. The van der Waals surface area contributed by atoms with E-state index in [0.29, 0.717) is 16.7 Å². The van der Waals surface area contributed by atoms with E-state index in [1.54, 1.807) is 13.1 Å². The topological polar surface area (TPSA) is 101 Å². The van der Waals surface area contributed by atoms with Crippen LogP contribution in [0, 0.1) is 0 Å². The first-order valence-corrected chi connectivity index (χ1v) is 7.75. The molecule has 1 amide bonds. The summed E-state index contributed by atoms with van der Waals surface area (Å²) in [6.07, 6.45) is 6.38. The van der Waals surface area contributed by atoms with Crippen LogP contribution in [0.4, 0.5) is 0 Å². The summed E-state index contributed by atoms with van der Waals surface area (Å²) >= 11 is 0. The molecule has 3 rings (SSSR count). The molecule has 0 atom stereocenters.